The molecule has 1 unspecified atom stereocenters. The van der Waals surface area contributed by atoms with E-state index in [-0.39, 0.29) is 23.9 Å². The van der Waals surface area contributed by atoms with Gasteiger partial charge in [-0.3, -0.25) is 9.78 Å². The van der Waals surface area contributed by atoms with Crippen molar-refractivity contribution < 1.29 is 22.7 Å². The Labute approximate surface area is 222 Å². The van der Waals surface area contributed by atoms with Gasteiger partial charge in [0.15, 0.2) is 11.5 Å². The van der Waals surface area contributed by atoms with Crippen molar-refractivity contribution in [3.8, 4) is 11.5 Å². The number of sulfonamides is 1. The molecular formula is C28H30N4O5S. The van der Waals surface area contributed by atoms with E-state index in [0.717, 1.165) is 27.6 Å². The molecule has 4 heterocycles. The number of carbonyl (C=O) groups excluding carboxylic acids is 1. The Hall–Kier alpha value is -3.47. The molecule has 9 nitrogen and oxygen atoms in total. The fourth-order valence-electron chi connectivity index (χ4n) is 5.73. The van der Waals surface area contributed by atoms with Crippen molar-refractivity contribution in [1.82, 2.24) is 19.5 Å². The lowest BCUT2D eigenvalue weighted by Crippen LogP contribution is -2.50. The lowest BCUT2D eigenvalue weighted by molar-refractivity contribution is -0.135. The number of hydrogen-bond donors (Lipinski definition) is 1. The minimum Gasteiger partial charge on any atom is -0.486 e. The van der Waals surface area contributed by atoms with Crippen LogP contribution in [-0.4, -0.2) is 81.5 Å². The maximum atomic E-state index is 14.0. The van der Waals surface area contributed by atoms with Crippen molar-refractivity contribution >= 4 is 26.8 Å². The van der Waals surface area contributed by atoms with Crippen LogP contribution in [0.3, 0.4) is 0 Å². The molecule has 6 rings (SSSR count). The van der Waals surface area contributed by atoms with Gasteiger partial charge in [0.2, 0.25) is 15.9 Å². The van der Waals surface area contributed by atoms with Crippen molar-refractivity contribution in [3.05, 3.63) is 71.4 Å². The van der Waals surface area contributed by atoms with Crippen LogP contribution >= 0.6 is 0 Å². The van der Waals surface area contributed by atoms with Gasteiger partial charge in [0.05, 0.1) is 15.8 Å². The van der Waals surface area contributed by atoms with Gasteiger partial charge in [-0.05, 0) is 48.9 Å². The SMILES string of the molecule is CNCC(C)(C(=O)N1CC2=C(C1)CN(S(=O)(=O)c1ccc3c(c1)OCCO3)C2)c1cccc2cccnc12. The number of benzene rings is 2. The van der Waals surface area contributed by atoms with Crippen LogP contribution in [0.4, 0.5) is 0 Å². The van der Waals surface area contributed by atoms with Gasteiger partial charge in [0.1, 0.15) is 13.2 Å². The smallest absolute Gasteiger partial charge is 0.243 e. The van der Waals surface area contributed by atoms with E-state index >= 15 is 0 Å². The third-order valence-electron chi connectivity index (χ3n) is 7.67. The van der Waals surface area contributed by atoms with Crippen molar-refractivity contribution in [1.29, 1.82) is 0 Å². The van der Waals surface area contributed by atoms with E-state index in [1.807, 2.05) is 49.2 Å². The van der Waals surface area contributed by atoms with Gasteiger partial charge in [-0.2, -0.15) is 4.31 Å². The monoisotopic (exact) mass is 534 g/mol. The van der Waals surface area contributed by atoms with Gasteiger partial charge in [-0.1, -0.05) is 24.3 Å². The third-order valence-corrected chi connectivity index (χ3v) is 9.45. The zero-order valence-corrected chi connectivity index (χ0v) is 22.3. The van der Waals surface area contributed by atoms with Crippen LogP contribution in [0.5, 0.6) is 11.5 Å². The summed E-state index contributed by atoms with van der Waals surface area (Å²) < 4.78 is 39.4. The number of para-hydroxylation sites is 1. The highest BCUT2D eigenvalue weighted by atomic mass is 32.2. The number of nitrogens with zero attached hydrogens (tertiary/aromatic N) is 3. The normalized spacial score (nSPS) is 19.1. The first kappa shape index (κ1) is 24.8. The summed E-state index contributed by atoms with van der Waals surface area (Å²) in [5.74, 6) is 0.999. The van der Waals surface area contributed by atoms with Crippen LogP contribution < -0.4 is 14.8 Å². The van der Waals surface area contributed by atoms with Gasteiger partial charge in [0, 0.05) is 50.4 Å². The molecule has 3 aromatic rings. The minimum absolute atomic E-state index is 0.000598. The summed E-state index contributed by atoms with van der Waals surface area (Å²) in [7, 11) is -1.88. The molecule has 1 atom stereocenters. The first-order chi connectivity index (χ1) is 18.3. The zero-order chi connectivity index (χ0) is 26.5. The number of pyridine rings is 1. The summed E-state index contributed by atoms with van der Waals surface area (Å²) in [5, 5.41) is 4.19. The van der Waals surface area contributed by atoms with Crippen LogP contribution in [0.15, 0.2) is 70.8 Å². The second kappa shape index (κ2) is 9.37. The van der Waals surface area contributed by atoms with Crippen LogP contribution in [0.1, 0.15) is 12.5 Å². The number of likely N-dealkylation sites (N-methyl/N-ethyl adjacent to an activating group) is 1. The Morgan fingerprint density at radius 1 is 1.00 bits per heavy atom. The standard InChI is InChI=1S/C28H30N4O5S/c1-28(18-29-2,23-7-3-5-19-6-4-10-30-26(19)23)27(33)31-14-20-16-32(17-21(20)15-31)38(34,35)22-8-9-24-25(13-22)37-12-11-36-24/h3-10,13,29H,11-12,14-18H2,1-2H3. The molecule has 0 saturated carbocycles. The molecule has 0 saturated heterocycles. The zero-order valence-electron chi connectivity index (χ0n) is 21.4. The second-order valence-corrected chi connectivity index (χ2v) is 12.1. The van der Waals surface area contributed by atoms with Gasteiger partial charge >= 0.3 is 0 Å². The summed E-state index contributed by atoms with van der Waals surface area (Å²) in [5.41, 5.74) is 2.84. The molecule has 3 aliphatic heterocycles. The Kier molecular flexibility index (Phi) is 6.13. The van der Waals surface area contributed by atoms with Gasteiger partial charge < -0.3 is 19.7 Å². The Morgan fingerprint density at radius 3 is 2.45 bits per heavy atom. The number of amides is 1. The first-order valence-corrected chi connectivity index (χ1v) is 14.1. The van der Waals surface area contributed by atoms with E-state index in [2.05, 4.69) is 10.3 Å². The van der Waals surface area contributed by atoms with Crippen molar-refractivity contribution in [2.75, 3.05) is 53.0 Å². The number of nitrogens with one attached hydrogen (secondary N) is 1. The lowest BCUT2D eigenvalue weighted by Gasteiger charge is -2.34. The highest BCUT2D eigenvalue weighted by Crippen LogP contribution is 2.37. The molecule has 1 aromatic heterocycles. The quantitative estimate of drug-likeness (QED) is 0.485. The second-order valence-electron chi connectivity index (χ2n) is 10.2. The van der Waals surface area contributed by atoms with Gasteiger partial charge in [-0.15, -0.1) is 0 Å². The molecule has 1 N–H and O–H groups in total. The fourth-order valence-corrected chi connectivity index (χ4v) is 7.18. The molecule has 10 heteroatoms. The van der Waals surface area contributed by atoms with Gasteiger partial charge in [0.25, 0.3) is 0 Å². The number of ether oxygens (including phenoxy) is 2. The van der Waals surface area contributed by atoms with E-state index in [4.69, 9.17) is 9.47 Å². The van der Waals surface area contributed by atoms with Gasteiger partial charge in [-0.25, -0.2) is 8.42 Å². The average molecular weight is 535 g/mol. The summed E-state index contributed by atoms with van der Waals surface area (Å²) >= 11 is 0. The molecule has 0 bridgehead atoms. The Bertz CT molecular complexity index is 1550. The van der Waals surface area contributed by atoms with E-state index in [1.54, 1.807) is 18.3 Å². The molecule has 0 spiro atoms. The number of rotatable bonds is 6. The highest BCUT2D eigenvalue weighted by molar-refractivity contribution is 7.89. The largest absolute Gasteiger partial charge is 0.486 e. The van der Waals surface area contributed by atoms with Crippen molar-refractivity contribution in [2.24, 2.45) is 0 Å². The Balaban J connectivity index is 1.21. The molecule has 38 heavy (non-hydrogen) atoms. The molecular weight excluding hydrogens is 504 g/mol. The minimum atomic E-state index is -3.72. The molecule has 198 valence electrons. The molecule has 0 aliphatic carbocycles. The van der Waals surface area contributed by atoms with Crippen LogP contribution in [0.25, 0.3) is 10.9 Å². The summed E-state index contributed by atoms with van der Waals surface area (Å²) in [6.07, 6.45) is 1.75. The lowest BCUT2D eigenvalue weighted by atomic mass is 9.79. The molecule has 3 aliphatic rings. The molecule has 2 aromatic carbocycles. The number of hydrogen-bond acceptors (Lipinski definition) is 7. The van der Waals surface area contributed by atoms with Crippen LogP contribution in [0, 0.1) is 0 Å². The Morgan fingerprint density at radius 2 is 1.71 bits per heavy atom. The highest BCUT2D eigenvalue weighted by Gasteiger charge is 2.44. The summed E-state index contributed by atoms with van der Waals surface area (Å²) in [6, 6.07) is 14.6. The van der Waals surface area contributed by atoms with Crippen LogP contribution in [-0.2, 0) is 20.2 Å². The van der Waals surface area contributed by atoms with Crippen molar-refractivity contribution in [2.45, 2.75) is 17.2 Å². The number of aromatic nitrogens is 1. The predicted octanol–water partition coefficient (Wildman–Crippen LogP) is 2.33. The van der Waals surface area contributed by atoms with Crippen LogP contribution in [0.2, 0.25) is 0 Å². The average Bonchev–Trinajstić information content (AvgIpc) is 3.52. The van der Waals surface area contributed by atoms with E-state index in [9.17, 15) is 13.2 Å². The van der Waals surface area contributed by atoms with Crippen molar-refractivity contribution in [3.63, 3.8) is 0 Å². The molecule has 1 amide bonds. The third kappa shape index (κ3) is 4.03. The van der Waals surface area contributed by atoms with E-state index in [0.29, 0.717) is 44.3 Å². The molecule has 0 radical (unpaired) electrons. The summed E-state index contributed by atoms with van der Waals surface area (Å²) in [6.45, 7) is 4.62. The van der Waals surface area contributed by atoms with E-state index in [1.165, 1.54) is 10.4 Å². The van der Waals surface area contributed by atoms with E-state index < -0.39 is 15.4 Å². The molecule has 0 fully saturated rings. The maximum Gasteiger partial charge on any atom is 0.243 e. The maximum absolute atomic E-state index is 14.0. The summed E-state index contributed by atoms with van der Waals surface area (Å²) in [4.78, 5) is 20.7. The predicted molar refractivity (Wildman–Crippen MR) is 143 cm³/mol. The number of carbonyl (C=O) groups is 1. The topological polar surface area (TPSA) is 101 Å². The number of fused-ring (bicyclic) bond motifs is 2. The first-order valence-electron chi connectivity index (χ1n) is 12.7. The fraction of sp³-hybridized carbons (Fsp3) is 0.357.